The maximum Gasteiger partial charge on any atom is 0.254 e. The quantitative estimate of drug-likeness (QED) is 0.805. The summed E-state index contributed by atoms with van der Waals surface area (Å²) in [5.41, 5.74) is 0.345. The summed E-state index contributed by atoms with van der Waals surface area (Å²) in [6.07, 6.45) is 2.85. The van der Waals surface area contributed by atoms with Gasteiger partial charge in [0, 0.05) is 44.2 Å². The Labute approximate surface area is 153 Å². The average molecular weight is 375 g/mol. The van der Waals surface area contributed by atoms with Crippen LogP contribution in [-0.4, -0.2) is 63.8 Å². The van der Waals surface area contributed by atoms with Crippen molar-refractivity contribution < 1.29 is 17.9 Å². The molecule has 0 N–H and O–H groups in total. The Morgan fingerprint density at radius 1 is 1.12 bits per heavy atom. The van der Waals surface area contributed by atoms with Gasteiger partial charge in [-0.25, -0.2) is 13.4 Å². The van der Waals surface area contributed by atoms with E-state index in [2.05, 4.69) is 9.88 Å². The zero-order chi connectivity index (χ0) is 18.7. The monoisotopic (exact) mass is 375 g/mol. The predicted octanol–water partition coefficient (Wildman–Crippen LogP) is 1.46. The summed E-state index contributed by atoms with van der Waals surface area (Å²) in [6.45, 7) is 2.46. The van der Waals surface area contributed by atoms with Gasteiger partial charge in [-0.2, -0.15) is 0 Å². The first-order chi connectivity index (χ1) is 12.4. The van der Waals surface area contributed by atoms with Crippen molar-refractivity contribution in [2.75, 3.05) is 44.4 Å². The highest BCUT2D eigenvalue weighted by Crippen LogP contribution is 2.25. The lowest BCUT2D eigenvalue weighted by Gasteiger charge is -2.35. The van der Waals surface area contributed by atoms with Crippen LogP contribution < -0.4 is 9.64 Å². The molecule has 1 aromatic heterocycles. The smallest absolute Gasteiger partial charge is 0.254 e. The Balaban J connectivity index is 1.75. The molecule has 1 fully saturated rings. The van der Waals surface area contributed by atoms with E-state index in [1.165, 1.54) is 19.2 Å². The van der Waals surface area contributed by atoms with Gasteiger partial charge < -0.3 is 14.5 Å². The number of amides is 1. The number of methoxy groups -OCH3 is 1. The Morgan fingerprint density at radius 3 is 2.42 bits per heavy atom. The molecular weight excluding hydrogens is 354 g/mol. The van der Waals surface area contributed by atoms with E-state index in [0.717, 1.165) is 12.1 Å². The number of carbonyl (C=O) groups excluding carboxylic acids is 1. The number of rotatable bonds is 4. The molecular formula is C18H21N3O4S. The van der Waals surface area contributed by atoms with Gasteiger partial charge in [-0.15, -0.1) is 0 Å². The van der Waals surface area contributed by atoms with Crippen LogP contribution in [0.4, 0.5) is 5.82 Å². The highest BCUT2D eigenvalue weighted by Gasteiger charge is 2.24. The summed E-state index contributed by atoms with van der Waals surface area (Å²) < 4.78 is 29.0. The van der Waals surface area contributed by atoms with Crippen LogP contribution in [0.15, 0.2) is 47.5 Å². The molecule has 26 heavy (non-hydrogen) atoms. The molecule has 0 atom stereocenters. The number of benzene rings is 1. The number of piperazine rings is 1. The van der Waals surface area contributed by atoms with Crippen LogP contribution in [0.25, 0.3) is 0 Å². The average Bonchev–Trinajstić information content (AvgIpc) is 2.67. The number of aromatic nitrogens is 1. The molecule has 1 amide bonds. The maximum absolute atomic E-state index is 12.8. The van der Waals surface area contributed by atoms with Crippen molar-refractivity contribution in [3.8, 4) is 5.75 Å². The van der Waals surface area contributed by atoms with E-state index in [-0.39, 0.29) is 16.6 Å². The minimum Gasteiger partial charge on any atom is -0.495 e. The van der Waals surface area contributed by atoms with E-state index in [4.69, 9.17) is 4.74 Å². The molecule has 1 aliphatic rings. The topological polar surface area (TPSA) is 79.8 Å². The molecule has 0 spiro atoms. The lowest BCUT2D eigenvalue weighted by molar-refractivity contribution is 0.0746. The second kappa shape index (κ2) is 7.33. The Morgan fingerprint density at radius 2 is 1.85 bits per heavy atom. The molecule has 7 nitrogen and oxygen atoms in total. The minimum absolute atomic E-state index is 0.0259. The largest absolute Gasteiger partial charge is 0.495 e. The number of carbonyl (C=O) groups is 1. The maximum atomic E-state index is 12.8. The van der Waals surface area contributed by atoms with Crippen molar-refractivity contribution in [3.63, 3.8) is 0 Å². The number of anilines is 1. The Kier molecular flexibility index (Phi) is 5.13. The van der Waals surface area contributed by atoms with E-state index in [0.29, 0.717) is 31.7 Å². The molecule has 3 rings (SSSR count). The van der Waals surface area contributed by atoms with E-state index in [1.807, 2.05) is 18.2 Å². The molecule has 0 aliphatic carbocycles. The number of ether oxygens (including phenoxy) is 1. The van der Waals surface area contributed by atoms with Gasteiger partial charge in [0.2, 0.25) is 0 Å². The van der Waals surface area contributed by atoms with E-state index >= 15 is 0 Å². The zero-order valence-corrected chi connectivity index (χ0v) is 15.6. The van der Waals surface area contributed by atoms with Gasteiger partial charge in [0.25, 0.3) is 5.91 Å². The number of sulfone groups is 1. The molecule has 2 heterocycles. The fourth-order valence-corrected chi connectivity index (χ4v) is 3.82. The molecule has 2 aromatic rings. The zero-order valence-electron chi connectivity index (χ0n) is 14.8. The van der Waals surface area contributed by atoms with Gasteiger partial charge >= 0.3 is 0 Å². The lowest BCUT2D eigenvalue weighted by atomic mass is 10.1. The number of hydrogen-bond acceptors (Lipinski definition) is 6. The van der Waals surface area contributed by atoms with Crippen LogP contribution in [0.1, 0.15) is 10.4 Å². The normalized spacial score (nSPS) is 15.0. The highest BCUT2D eigenvalue weighted by atomic mass is 32.2. The van der Waals surface area contributed by atoms with Gasteiger partial charge in [0.1, 0.15) is 16.5 Å². The van der Waals surface area contributed by atoms with Crippen molar-refractivity contribution in [1.82, 2.24) is 9.88 Å². The van der Waals surface area contributed by atoms with Crippen LogP contribution in [0, 0.1) is 0 Å². The standard InChI is InChI=1S/C18H21N3O4S/c1-25-15-7-6-14(13-16(15)26(2,23)24)18(22)21-11-9-20(10-12-21)17-5-3-4-8-19-17/h3-8,13H,9-12H2,1-2H3. The van der Waals surface area contributed by atoms with Crippen LogP contribution in [0.3, 0.4) is 0 Å². The number of pyridine rings is 1. The predicted molar refractivity (Wildman–Crippen MR) is 98.5 cm³/mol. The van der Waals surface area contributed by atoms with E-state index in [1.54, 1.807) is 17.2 Å². The molecule has 0 unspecified atom stereocenters. The van der Waals surface area contributed by atoms with Gasteiger partial charge in [-0.3, -0.25) is 4.79 Å². The van der Waals surface area contributed by atoms with Crippen molar-refractivity contribution >= 4 is 21.6 Å². The molecule has 1 aliphatic heterocycles. The summed E-state index contributed by atoms with van der Waals surface area (Å²) in [5.74, 6) is 0.950. The first-order valence-corrected chi connectivity index (χ1v) is 10.1. The summed E-state index contributed by atoms with van der Waals surface area (Å²) >= 11 is 0. The highest BCUT2D eigenvalue weighted by molar-refractivity contribution is 7.90. The van der Waals surface area contributed by atoms with Crippen LogP contribution >= 0.6 is 0 Å². The lowest BCUT2D eigenvalue weighted by Crippen LogP contribution is -2.49. The van der Waals surface area contributed by atoms with Crippen molar-refractivity contribution in [1.29, 1.82) is 0 Å². The van der Waals surface area contributed by atoms with Crippen molar-refractivity contribution in [2.24, 2.45) is 0 Å². The van der Waals surface area contributed by atoms with E-state index < -0.39 is 9.84 Å². The van der Waals surface area contributed by atoms with E-state index in [9.17, 15) is 13.2 Å². The summed E-state index contributed by atoms with van der Waals surface area (Å²) in [6, 6.07) is 10.3. The minimum atomic E-state index is -3.49. The summed E-state index contributed by atoms with van der Waals surface area (Å²) in [5, 5.41) is 0. The SMILES string of the molecule is COc1ccc(C(=O)N2CCN(c3ccccn3)CC2)cc1S(C)(=O)=O. The molecule has 1 aromatic carbocycles. The molecule has 8 heteroatoms. The first-order valence-electron chi connectivity index (χ1n) is 8.23. The molecule has 1 saturated heterocycles. The van der Waals surface area contributed by atoms with Crippen LogP contribution in [0.5, 0.6) is 5.75 Å². The first kappa shape index (κ1) is 18.2. The Bertz CT molecular complexity index is 892. The molecule has 0 bridgehead atoms. The van der Waals surface area contributed by atoms with Gasteiger partial charge in [0.15, 0.2) is 9.84 Å². The van der Waals surface area contributed by atoms with Crippen molar-refractivity contribution in [3.05, 3.63) is 48.2 Å². The Hall–Kier alpha value is -2.61. The third-order valence-corrected chi connectivity index (χ3v) is 5.47. The van der Waals surface area contributed by atoms with Gasteiger partial charge in [-0.1, -0.05) is 6.07 Å². The number of hydrogen-bond donors (Lipinski definition) is 0. The third kappa shape index (κ3) is 3.80. The molecule has 0 saturated carbocycles. The second-order valence-electron chi connectivity index (χ2n) is 6.10. The van der Waals surface area contributed by atoms with Crippen LogP contribution in [-0.2, 0) is 9.84 Å². The van der Waals surface area contributed by atoms with Crippen LogP contribution in [0.2, 0.25) is 0 Å². The molecule has 0 radical (unpaired) electrons. The van der Waals surface area contributed by atoms with Crippen molar-refractivity contribution in [2.45, 2.75) is 4.90 Å². The summed E-state index contributed by atoms with van der Waals surface area (Å²) in [7, 11) is -2.08. The number of nitrogens with zero attached hydrogens (tertiary/aromatic N) is 3. The summed E-state index contributed by atoms with van der Waals surface area (Å²) in [4.78, 5) is 21.0. The molecule has 138 valence electrons. The fraction of sp³-hybridized carbons (Fsp3) is 0.333. The fourth-order valence-electron chi connectivity index (χ4n) is 2.96. The van der Waals surface area contributed by atoms with Gasteiger partial charge in [-0.05, 0) is 30.3 Å². The van der Waals surface area contributed by atoms with Gasteiger partial charge in [0.05, 0.1) is 7.11 Å². The third-order valence-electron chi connectivity index (χ3n) is 4.35. The second-order valence-corrected chi connectivity index (χ2v) is 8.09.